The van der Waals surface area contributed by atoms with E-state index < -0.39 is 0 Å². The Labute approximate surface area is 119 Å². The Kier molecular flexibility index (Phi) is 4.74. The lowest BCUT2D eigenvalue weighted by atomic mass is 10.2. The molecule has 0 aliphatic carbocycles. The van der Waals surface area contributed by atoms with Crippen molar-refractivity contribution in [3.8, 4) is 11.5 Å². The lowest BCUT2D eigenvalue weighted by molar-refractivity contribution is 0.472. The number of ether oxygens (including phenoxy) is 1. The smallest absolute Gasteiger partial charge is 0.133 e. The van der Waals surface area contributed by atoms with Crippen molar-refractivity contribution in [2.24, 2.45) is 0 Å². The molecule has 0 bridgehead atoms. The SMILES string of the molecule is Cc1ccc(F)cc1Oc1ccc(CNC(C)C)cc1. The molecule has 0 heterocycles. The third-order valence-corrected chi connectivity index (χ3v) is 3.02. The number of halogens is 1. The van der Waals surface area contributed by atoms with Gasteiger partial charge in [-0.1, -0.05) is 32.0 Å². The van der Waals surface area contributed by atoms with E-state index in [2.05, 4.69) is 19.2 Å². The van der Waals surface area contributed by atoms with Crippen molar-refractivity contribution in [3.05, 3.63) is 59.4 Å². The molecule has 2 aromatic rings. The zero-order valence-corrected chi connectivity index (χ0v) is 12.1. The van der Waals surface area contributed by atoms with Crippen LogP contribution in [-0.2, 0) is 6.54 Å². The average Bonchev–Trinajstić information content (AvgIpc) is 2.42. The molecule has 3 heteroatoms. The van der Waals surface area contributed by atoms with E-state index in [0.29, 0.717) is 17.5 Å². The zero-order valence-electron chi connectivity index (χ0n) is 12.1. The van der Waals surface area contributed by atoms with Crippen LogP contribution in [0.5, 0.6) is 11.5 Å². The Hall–Kier alpha value is -1.87. The van der Waals surface area contributed by atoms with E-state index in [4.69, 9.17) is 4.74 Å². The van der Waals surface area contributed by atoms with Gasteiger partial charge in [-0.3, -0.25) is 0 Å². The normalized spacial score (nSPS) is 10.8. The van der Waals surface area contributed by atoms with Crippen LogP contribution in [0.1, 0.15) is 25.0 Å². The minimum atomic E-state index is -0.289. The van der Waals surface area contributed by atoms with Gasteiger partial charge in [-0.25, -0.2) is 4.39 Å². The molecule has 0 amide bonds. The fourth-order valence-electron chi connectivity index (χ4n) is 1.81. The molecular formula is C17H20FNO. The standard InChI is InChI=1S/C17H20FNO/c1-12(2)19-11-14-5-8-16(9-6-14)20-17-10-15(18)7-4-13(17)3/h4-10,12,19H,11H2,1-3H3. The second-order valence-electron chi connectivity index (χ2n) is 5.19. The predicted molar refractivity (Wildman–Crippen MR) is 79.6 cm³/mol. The molecule has 106 valence electrons. The number of hydrogen-bond donors (Lipinski definition) is 1. The fraction of sp³-hybridized carbons (Fsp3) is 0.294. The summed E-state index contributed by atoms with van der Waals surface area (Å²) in [4.78, 5) is 0. The molecule has 1 N–H and O–H groups in total. The molecule has 0 saturated heterocycles. The molecule has 0 aliphatic heterocycles. The molecule has 0 radical (unpaired) electrons. The summed E-state index contributed by atoms with van der Waals surface area (Å²) in [5, 5.41) is 3.36. The number of benzene rings is 2. The van der Waals surface area contributed by atoms with Crippen LogP contribution >= 0.6 is 0 Å². The molecule has 2 rings (SSSR count). The molecule has 2 nitrogen and oxygen atoms in total. The molecule has 0 aliphatic rings. The maximum atomic E-state index is 13.2. The van der Waals surface area contributed by atoms with Gasteiger partial charge >= 0.3 is 0 Å². The van der Waals surface area contributed by atoms with Gasteiger partial charge in [0, 0.05) is 18.7 Å². The number of hydrogen-bond acceptors (Lipinski definition) is 2. The summed E-state index contributed by atoms with van der Waals surface area (Å²) in [7, 11) is 0. The quantitative estimate of drug-likeness (QED) is 0.870. The highest BCUT2D eigenvalue weighted by atomic mass is 19.1. The van der Waals surface area contributed by atoms with E-state index in [0.717, 1.165) is 12.1 Å². The number of aryl methyl sites for hydroxylation is 1. The van der Waals surface area contributed by atoms with Crippen molar-refractivity contribution in [2.75, 3.05) is 0 Å². The van der Waals surface area contributed by atoms with Crippen molar-refractivity contribution in [1.82, 2.24) is 5.32 Å². The van der Waals surface area contributed by atoms with Crippen molar-refractivity contribution >= 4 is 0 Å². The Balaban J connectivity index is 2.05. The van der Waals surface area contributed by atoms with Crippen LogP contribution in [-0.4, -0.2) is 6.04 Å². The summed E-state index contributed by atoms with van der Waals surface area (Å²) in [5.74, 6) is 0.980. The topological polar surface area (TPSA) is 21.3 Å². The zero-order chi connectivity index (χ0) is 14.5. The monoisotopic (exact) mass is 273 g/mol. The van der Waals surface area contributed by atoms with Crippen LogP contribution < -0.4 is 10.1 Å². The van der Waals surface area contributed by atoms with Gasteiger partial charge in [0.05, 0.1) is 0 Å². The minimum Gasteiger partial charge on any atom is -0.457 e. The van der Waals surface area contributed by atoms with Crippen LogP contribution in [0.3, 0.4) is 0 Å². The van der Waals surface area contributed by atoms with Gasteiger partial charge in [0.1, 0.15) is 17.3 Å². The number of rotatable bonds is 5. The number of nitrogens with one attached hydrogen (secondary N) is 1. The molecular weight excluding hydrogens is 253 g/mol. The van der Waals surface area contributed by atoms with Gasteiger partial charge in [0.15, 0.2) is 0 Å². The molecule has 20 heavy (non-hydrogen) atoms. The molecule has 0 spiro atoms. The second kappa shape index (κ2) is 6.53. The lowest BCUT2D eigenvalue weighted by Crippen LogP contribution is -2.21. The summed E-state index contributed by atoms with van der Waals surface area (Å²) in [6.07, 6.45) is 0. The summed E-state index contributed by atoms with van der Waals surface area (Å²) < 4.78 is 18.9. The third kappa shape index (κ3) is 4.07. The van der Waals surface area contributed by atoms with Gasteiger partial charge < -0.3 is 10.1 Å². The molecule has 0 saturated carbocycles. The van der Waals surface area contributed by atoms with Crippen LogP contribution in [0.15, 0.2) is 42.5 Å². The molecule has 0 fully saturated rings. The first-order valence-corrected chi connectivity index (χ1v) is 6.81. The summed E-state index contributed by atoms with van der Waals surface area (Å²) in [6, 6.07) is 12.8. The van der Waals surface area contributed by atoms with Gasteiger partial charge in [-0.05, 0) is 36.2 Å². The first kappa shape index (κ1) is 14.5. The highest BCUT2D eigenvalue weighted by Gasteiger charge is 2.03. The highest BCUT2D eigenvalue weighted by molar-refractivity contribution is 5.38. The van der Waals surface area contributed by atoms with Crippen molar-refractivity contribution in [3.63, 3.8) is 0 Å². The molecule has 2 aromatic carbocycles. The van der Waals surface area contributed by atoms with Gasteiger partial charge in [-0.15, -0.1) is 0 Å². The lowest BCUT2D eigenvalue weighted by Gasteiger charge is -2.11. The Bertz CT molecular complexity index is 564. The van der Waals surface area contributed by atoms with Crippen LogP contribution in [0.25, 0.3) is 0 Å². The Morgan fingerprint density at radius 2 is 1.80 bits per heavy atom. The third-order valence-electron chi connectivity index (χ3n) is 3.02. The first-order chi connectivity index (χ1) is 9.54. The van der Waals surface area contributed by atoms with Crippen molar-refractivity contribution < 1.29 is 9.13 Å². The highest BCUT2D eigenvalue weighted by Crippen LogP contribution is 2.25. The van der Waals surface area contributed by atoms with Gasteiger partial charge in [0.25, 0.3) is 0 Å². The Morgan fingerprint density at radius 3 is 2.45 bits per heavy atom. The van der Waals surface area contributed by atoms with E-state index in [1.54, 1.807) is 6.07 Å². The molecule has 0 unspecified atom stereocenters. The fourth-order valence-corrected chi connectivity index (χ4v) is 1.81. The van der Waals surface area contributed by atoms with E-state index in [-0.39, 0.29) is 5.82 Å². The minimum absolute atomic E-state index is 0.289. The first-order valence-electron chi connectivity index (χ1n) is 6.81. The van der Waals surface area contributed by atoms with E-state index in [9.17, 15) is 4.39 Å². The van der Waals surface area contributed by atoms with Crippen LogP contribution in [0.2, 0.25) is 0 Å². The average molecular weight is 273 g/mol. The maximum absolute atomic E-state index is 13.2. The largest absolute Gasteiger partial charge is 0.457 e. The maximum Gasteiger partial charge on any atom is 0.133 e. The van der Waals surface area contributed by atoms with Gasteiger partial charge in [0.2, 0.25) is 0 Å². The van der Waals surface area contributed by atoms with Crippen molar-refractivity contribution in [2.45, 2.75) is 33.4 Å². The second-order valence-corrected chi connectivity index (χ2v) is 5.19. The Morgan fingerprint density at radius 1 is 1.10 bits per heavy atom. The van der Waals surface area contributed by atoms with Gasteiger partial charge in [-0.2, -0.15) is 0 Å². The molecule has 0 aromatic heterocycles. The molecule has 0 atom stereocenters. The summed E-state index contributed by atoms with van der Waals surface area (Å²) in [6.45, 7) is 6.96. The van der Waals surface area contributed by atoms with Crippen LogP contribution in [0, 0.1) is 12.7 Å². The van der Waals surface area contributed by atoms with E-state index >= 15 is 0 Å². The van der Waals surface area contributed by atoms with E-state index in [1.807, 2.05) is 31.2 Å². The van der Waals surface area contributed by atoms with Crippen LogP contribution in [0.4, 0.5) is 4.39 Å². The predicted octanol–water partition coefficient (Wildman–Crippen LogP) is 4.42. The van der Waals surface area contributed by atoms with E-state index in [1.165, 1.54) is 17.7 Å². The van der Waals surface area contributed by atoms with Crippen molar-refractivity contribution in [1.29, 1.82) is 0 Å². The summed E-state index contributed by atoms with van der Waals surface area (Å²) >= 11 is 0. The summed E-state index contributed by atoms with van der Waals surface area (Å²) in [5.41, 5.74) is 2.11.